The largest absolute Gasteiger partial charge is 0.325 e. The molecule has 5 nitrogen and oxygen atoms in total. The lowest BCUT2D eigenvalue weighted by atomic mass is 10.1. The number of aromatic nitrogens is 3. The number of anilines is 1. The lowest BCUT2D eigenvalue weighted by Gasteiger charge is -2.17. The summed E-state index contributed by atoms with van der Waals surface area (Å²) >= 11 is 1.38. The summed E-state index contributed by atoms with van der Waals surface area (Å²) in [7, 11) is 0. The quantitative estimate of drug-likeness (QED) is 0.460. The molecule has 1 heterocycles. The lowest BCUT2D eigenvalue weighted by molar-refractivity contribution is -0.115. The number of amides is 1. The second kappa shape index (κ2) is 8.75. The summed E-state index contributed by atoms with van der Waals surface area (Å²) < 4.78 is 1.89. The number of nitrogens with one attached hydrogen (secondary N) is 1. The van der Waals surface area contributed by atoms with Crippen molar-refractivity contribution < 1.29 is 4.79 Å². The predicted molar refractivity (Wildman–Crippen MR) is 116 cm³/mol. The van der Waals surface area contributed by atoms with E-state index in [9.17, 15) is 4.79 Å². The van der Waals surface area contributed by atoms with Crippen LogP contribution in [0.3, 0.4) is 0 Å². The van der Waals surface area contributed by atoms with Crippen LogP contribution in [0.15, 0.2) is 96.4 Å². The molecule has 1 unspecified atom stereocenters. The first kappa shape index (κ1) is 19.0. The van der Waals surface area contributed by atoms with Crippen molar-refractivity contribution in [3.05, 3.63) is 102 Å². The maximum atomic E-state index is 13.2. The molecule has 29 heavy (non-hydrogen) atoms. The number of rotatable bonds is 6. The molecule has 0 saturated carbocycles. The normalized spacial score (nSPS) is 11.8. The van der Waals surface area contributed by atoms with Crippen LogP contribution in [0.1, 0.15) is 16.4 Å². The maximum Gasteiger partial charge on any atom is 0.242 e. The van der Waals surface area contributed by atoms with Crippen molar-refractivity contribution in [1.29, 1.82) is 0 Å². The third-order valence-corrected chi connectivity index (χ3v) is 5.64. The summed E-state index contributed by atoms with van der Waals surface area (Å²) in [6.45, 7) is 2.02. The van der Waals surface area contributed by atoms with Gasteiger partial charge in [-0.25, -0.2) is 0 Å². The maximum absolute atomic E-state index is 13.2. The van der Waals surface area contributed by atoms with Crippen LogP contribution in [0.5, 0.6) is 0 Å². The molecular formula is C23H20N4OS. The minimum atomic E-state index is -0.468. The smallest absolute Gasteiger partial charge is 0.242 e. The van der Waals surface area contributed by atoms with E-state index in [0.29, 0.717) is 5.16 Å². The highest BCUT2D eigenvalue weighted by Gasteiger charge is 2.25. The summed E-state index contributed by atoms with van der Waals surface area (Å²) in [5.74, 6) is -0.104. The van der Waals surface area contributed by atoms with Crippen molar-refractivity contribution >= 4 is 23.4 Å². The molecule has 144 valence electrons. The van der Waals surface area contributed by atoms with Gasteiger partial charge in [0.2, 0.25) is 5.91 Å². The molecule has 1 amide bonds. The van der Waals surface area contributed by atoms with Crippen molar-refractivity contribution in [2.75, 3.05) is 5.32 Å². The zero-order valence-electron chi connectivity index (χ0n) is 15.9. The van der Waals surface area contributed by atoms with Crippen LogP contribution in [-0.4, -0.2) is 20.7 Å². The molecule has 4 aromatic rings. The van der Waals surface area contributed by atoms with Gasteiger partial charge in [-0.2, -0.15) is 0 Å². The molecule has 0 saturated heterocycles. The Balaban J connectivity index is 1.63. The second-order valence-electron chi connectivity index (χ2n) is 6.58. The number of hydrogen-bond acceptors (Lipinski definition) is 4. The number of carbonyl (C=O) groups is 1. The van der Waals surface area contributed by atoms with E-state index in [2.05, 4.69) is 15.5 Å². The predicted octanol–water partition coefficient (Wildman–Crippen LogP) is 5.05. The average Bonchev–Trinajstić information content (AvgIpc) is 3.23. The average molecular weight is 401 g/mol. The number of nitrogens with zero attached hydrogens (tertiary/aromatic N) is 3. The zero-order chi connectivity index (χ0) is 20.1. The first-order valence-corrected chi connectivity index (χ1v) is 10.1. The minimum Gasteiger partial charge on any atom is -0.325 e. The molecule has 0 radical (unpaired) electrons. The standard InChI is InChI=1S/C23H20N4OS/c1-17-12-14-19(15-13-17)25-22(28)21(18-8-4-2-5-9-18)29-23-26-24-16-27(23)20-10-6-3-7-11-20/h2-16,21H,1H3,(H,25,28). The summed E-state index contributed by atoms with van der Waals surface area (Å²) in [5, 5.41) is 11.5. The molecule has 1 aromatic heterocycles. The van der Waals surface area contributed by atoms with E-state index >= 15 is 0 Å². The molecular weight excluding hydrogens is 380 g/mol. The Morgan fingerprint density at radius 1 is 0.931 bits per heavy atom. The van der Waals surface area contributed by atoms with Gasteiger partial charge in [0.05, 0.1) is 0 Å². The van der Waals surface area contributed by atoms with E-state index in [1.165, 1.54) is 11.8 Å². The SMILES string of the molecule is Cc1ccc(NC(=O)C(Sc2nncn2-c2ccccc2)c2ccccc2)cc1. The molecule has 0 aliphatic heterocycles. The molecule has 0 aliphatic rings. The van der Waals surface area contributed by atoms with Crippen molar-refractivity contribution in [3.63, 3.8) is 0 Å². The Labute approximate surface area is 173 Å². The van der Waals surface area contributed by atoms with Gasteiger partial charge in [-0.3, -0.25) is 9.36 Å². The van der Waals surface area contributed by atoms with Gasteiger partial charge in [0, 0.05) is 11.4 Å². The van der Waals surface area contributed by atoms with Crippen LogP contribution in [0.2, 0.25) is 0 Å². The van der Waals surface area contributed by atoms with Crippen LogP contribution in [-0.2, 0) is 4.79 Å². The van der Waals surface area contributed by atoms with Crippen molar-refractivity contribution in [3.8, 4) is 5.69 Å². The van der Waals surface area contributed by atoms with Crippen LogP contribution in [0.4, 0.5) is 5.69 Å². The topological polar surface area (TPSA) is 59.8 Å². The van der Waals surface area contributed by atoms with Gasteiger partial charge >= 0.3 is 0 Å². The molecule has 6 heteroatoms. The van der Waals surface area contributed by atoms with Gasteiger partial charge in [0.25, 0.3) is 0 Å². The summed E-state index contributed by atoms with van der Waals surface area (Å²) in [6, 6.07) is 27.3. The number of carbonyl (C=O) groups excluding carboxylic acids is 1. The van der Waals surface area contributed by atoms with E-state index in [4.69, 9.17) is 0 Å². The fourth-order valence-corrected chi connectivity index (χ4v) is 3.95. The van der Waals surface area contributed by atoms with Crippen LogP contribution in [0, 0.1) is 6.92 Å². The molecule has 0 spiro atoms. The molecule has 0 aliphatic carbocycles. The zero-order valence-corrected chi connectivity index (χ0v) is 16.7. The third kappa shape index (κ3) is 4.55. The molecule has 0 bridgehead atoms. The van der Waals surface area contributed by atoms with Gasteiger partial charge < -0.3 is 5.32 Å². The first-order valence-electron chi connectivity index (χ1n) is 9.25. The first-order chi connectivity index (χ1) is 14.2. The number of thioether (sulfide) groups is 1. The highest BCUT2D eigenvalue weighted by atomic mass is 32.2. The van der Waals surface area contributed by atoms with Gasteiger partial charge in [0.15, 0.2) is 5.16 Å². The number of hydrogen-bond donors (Lipinski definition) is 1. The van der Waals surface area contributed by atoms with Crippen molar-refractivity contribution in [1.82, 2.24) is 14.8 Å². The van der Waals surface area contributed by atoms with Crippen molar-refractivity contribution in [2.24, 2.45) is 0 Å². The minimum absolute atomic E-state index is 0.104. The van der Waals surface area contributed by atoms with Crippen LogP contribution in [0.25, 0.3) is 5.69 Å². The second-order valence-corrected chi connectivity index (χ2v) is 7.66. The van der Waals surface area contributed by atoms with Gasteiger partial charge in [-0.1, -0.05) is 78.0 Å². The van der Waals surface area contributed by atoms with Crippen molar-refractivity contribution in [2.45, 2.75) is 17.3 Å². The van der Waals surface area contributed by atoms with Gasteiger partial charge in [-0.05, 0) is 36.8 Å². The third-order valence-electron chi connectivity index (χ3n) is 4.43. The van der Waals surface area contributed by atoms with E-state index in [-0.39, 0.29) is 5.91 Å². The van der Waals surface area contributed by atoms with Gasteiger partial charge in [0.1, 0.15) is 11.6 Å². The number of aryl methyl sites for hydroxylation is 1. The summed E-state index contributed by atoms with van der Waals surface area (Å²) in [4.78, 5) is 13.2. The Hall–Kier alpha value is -3.38. The van der Waals surface area contributed by atoms with Crippen LogP contribution >= 0.6 is 11.8 Å². The monoisotopic (exact) mass is 400 g/mol. The summed E-state index contributed by atoms with van der Waals surface area (Å²) in [5.41, 5.74) is 3.77. The molecule has 1 N–H and O–H groups in total. The lowest BCUT2D eigenvalue weighted by Crippen LogP contribution is -2.19. The number of benzene rings is 3. The molecule has 3 aromatic carbocycles. The fraction of sp³-hybridized carbons (Fsp3) is 0.0870. The Morgan fingerprint density at radius 2 is 1.59 bits per heavy atom. The fourth-order valence-electron chi connectivity index (χ4n) is 2.92. The molecule has 1 atom stereocenters. The van der Waals surface area contributed by atoms with E-state index in [0.717, 1.165) is 22.5 Å². The van der Waals surface area contributed by atoms with E-state index in [1.807, 2.05) is 96.4 Å². The number of para-hydroxylation sites is 1. The Bertz CT molecular complexity index is 1080. The van der Waals surface area contributed by atoms with Crippen LogP contribution < -0.4 is 5.32 Å². The highest BCUT2D eigenvalue weighted by molar-refractivity contribution is 8.00. The Morgan fingerprint density at radius 3 is 2.28 bits per heavy atom. The van der Waals surface area contributed by atoms with Gasteiger partial charge in [-0.15, -0.1) is 10.2 Å². The van der Waals surface area contributed by atoms with E-state index in [1.54, 1.807) is 6.33 Å². The highest BCUT2D eigenvalue weighted by Crippen LogP contribution is 2.36. The molecule has 0 fully saturated rings. The summed E-state index contributed by atoms with van der Waals surface area (Å²) in [6.07, 6.45) is 1.66. The molecule has 4 rings (SSSR count). The Kier molecular flexibility index (Phi) is 5.72. The van der Waals surface area contributed by atoms with E-state index < -0.39 is 5.25 Å².